The van der Waals surface area contributed by atoms with Gasteiger partial charge in [-0.1, -0.05) is 0 Å². The van der Waals surface area contributed by atoms with Crippen molar-refractivity contribution in [2.45, 2.75) is 25.7 Å². The molecule has 3 rings (SSSR count). The van der Waals surface area contributed by atoms with Crippen molar-refractivity contribution in [3.05, 3.63) is 34.8 Å². The molecule has 0 saturated heterocycles. The highest BCUT2D eigenvalue weighted by atomic mass is 19.2. The first-order valence-corrected chi connectivity index (χ1v) is 5.35. The van der Waals surface area contributed by atoms with Gasteiger partial charge in [0.1, 0.15) is 0 Å². The van der Waals surface area contributed by atoms with E-state index in [4.69, 9.17) is 0 Å². The topological polar surface area (TPSA) is 15.8 Å². The summed E-state index contributed by atoms with van der Waals surface area (Å²) in [6, 6.07) is 1.03. The van der Waals surface area contributed by atoms with Crippen molar-refractivity contribution in [3.63, 3.8) is 0 Å². The number of rotatable bonds is 0. The molecule has 0 unspecified atom stereocenters. The molecule has 1 heterocycles. The van der Waals surface area contributed by atoms with Gasteiger partial charge in [0.15, 0.2) is 17.5 Å². The monoisotopic (exact) mass is 225 g/mol. The molecular weight excluding hydrogens is 215 g/mol. The molecular formula is C12H10F3N. The first kappa shape index (κ1) is 9.75. The van der Waals surface area contributed by atoms with Gasteiger partial charge in [-0.15, -0.1) is 0 Å². The zero-order chi connectivity index (χ0) is 11.3. The Morgan fingerprint density at radius 2 is 1.75 bits per heavy atom. The fourth-order valence-electron chi connectivity index (χ4n) is 2.47. The van der Waals surface area contributed by atoms with Crippen molar-refractivity contribution in [2.75, 3.05) is 0 Å². The maximum absolute atomic E-state index is 13.6. The highest BCUT2D eigenvalue weighted by Gasteiger charge is 2.22. The molecule has 0 aliphatic heterocycles. The summed E-state index contributed by atoms with van der Waals surface area (Å²) in [5, 5.41) is 0.230. The maximum atomic E-state index is 13.6. The van der Waals surface area contributed by atoms with Gasteiger partial charge < -0.3 is 4.98 Å². The zero-order valence-electron chi connectivity index (χ0n) is 8.54. The van der Waals surface area contributed by atoms with Gasteiger partial charge in [-0.05, 0) is 31.2 Å². The fourth-order valence-corrected chi connectivity index (χ4v) is 2.47. The molecule has 2 aromatic rings. The van der Waals surface area contributed by atoms with Gasteiger partial charge in [0.2, 0.25) is 0 Å². The third-order valence-electron chi connectivity index (χ3n) is 3.22. The Morgan fingerprint density at radius 3 is 2.56 bits per heavy atom. The van der Waals surface area contributed by atoms with Crippen LogP contribution in [0.2, 0.25) is 0 Å². The molecule has 1 N–H and O–H groups in total. The molecule has 1 nitrogen and oxygen atoms in total. The minimum Gasteiger partial charge on any atom is -0.358 e. The van der Waals surface area contributed by atoms with Crippen LogP contribution in [0.5, 0.6) is 0 Å². The summed E-state index contributed by atoms with van der Waals surface area (Å²) in [5.74, 6) is -3.57. The predicted octanol–water partition coefficient (Wildman–Crippen LogP) is 3.46. The third kappa shape index (κ3) is 1.19. The van der Waals surface area contributed by atoms with Crippen LogP contribution < -0.4 is 0 Å². The van der Waals surface area contributed by atoms with Gasteiger partial charge in [-0.3, -0.25) is 0 Å². The highest BCUT2D eigenvalue weighted by Crippen LogP contribution is 2.32. The van der Waals surface area contributed by atoms with E-state index in [0.717, 1.165) is 43.0 Å². The van der Waals surface area contributed by atoms with Crippen LogP contribution >= 0.6 is 0 Å². The van der Waals surface area contributed by atoms with Crippen LogP contribution in [-0.2, 0) is 12.8 Å². The lowest BCUT2D eigenvalue weighted by Gasteiger charge is -2.10. The number of hydrogen-bond acceptors (Lipinski definition) is 0. The Bertz CT molecular complexity index is 571. The number of aromatic amines is 1. The van der Waals surface area contributed by atoms with E-state index in [1.165, 1.54) is 0 Å². The van der Waals surface area contributed by atoms with Crippen molar-refractivity contribution in [2.24, 2.45) is 0 Å². The van der Waals surface area contributed by atoms with Crippen LogP contribution in [0.4, 0.5) is 13.2 Å². The summed E-state index contributed by atoms with van der Waals surface area (Å²) in [6.45, 7) is 0. The molecule has 4 heteroatoms. The van der Waals surface area contributed by atoms with Gasteiger partial charge in [0.05, 0.1) is 5.52 Å². The molecule has 0 amide bonds. The van der Waals surface area contributed by atoms with E-state index in [1.807, 2.05) is 0 Å². The van der Waals surface area contributed by atoms with E-state index in [0.29, 0.717) is 5.52 Å². The molecule has 0 bridgehead atoms. The molecule has 16 heavy (non-hydrogen) atoms. The number of aryl methyl sites for hydroxylation is 2. The van der Waals surface area contributed by atoms with Gasteiger partial charge in [-0.25, -0.2) is 13.2 Å². The lowest BCUT2D eigenvalue weighted by atomic mass is 9.95. The Kier molecular flexibility index (Phi) is 1.99. The largest absolute Gasteiger partial charge is 0.358 e. The average Bonchev–Trinajstić information content (AvgIpc) is 2.64. The van der Waals surface area contributed by atoms with Gasteiger partial charge in [0.25, 0.3) is 0 Å². The second-order valence-electron chi connectivity index (χ2n) is 4.20. The van der Waals surface area contributed by atoms with Crippen molar-refractivity contribution in [1.29, 1.82) is 0 Å². The number of halogens is 3. The summed E-state index contributed by atoms with van der Waals surface area (Å²) in [6.07, 6.45) is 3.56. The quantitative estimate of drug-likeness (QED) is 0.661. The van der Waals surface area contributed by atoms with Gasteiger partial charge in [-0.2, -0.15) is 0 Å². The predicted molar refractivity (Wildman–Crippen MR) is 54.8 cm³/mol. The molecule has 0 atom stereocenters. The van der Waals surface area contributed by atoms with Gasteiger partial charge >= 0.3 is 0 Å². The number of nitrogens with one attached hydrogen (secondary N) is 1. The molecule has 1 aliphatic rings. The summed E-state index contributed by atoms with van der Waals surface area (Å²) in [5.41, 5.74) is 2.10. The zero-order valence-corrected chi connectivity index (χ0v) is 8.54. The Balaban J connectivity index is 2.40. The van der Waals surface area contributed by atoms with Crippen LogP contribution in [0, 0.1) is 17.5 Å². The van der Waals surface area contributed by atoms with Crippen molar-refractivity contribution in [3.8, 4) is 0 Å². The maximum Gasteiger partial charge on any atom is 0.195 e. The van der Waals surface area contributed by atoms with Crippen molar-refractivity contribution >= 4 is 10.9 Å². The number of aromatic nitrogens is 1. The molecule has 84 valence electrons. The van der Waals surface area contributed by atoms with E-state index in [-0.39, 0.29) is 5.39 Å². The smallest absolute Gasteiger partial charge is 0.195 e. The van der Waals surface area contributed by atoms with Crippen LogP contribution in [0.3, 0.4) is 0 Å². The van der Waals surface area contributed by atoms with E-state index in [9.17, 15) is 13.2 Å². The van der Waals surface area contributed by atoms with Gasteiger partial charge in [0, 0.05) is 17.1 Å². The minimum absolute atomic E-state index is 0.230. The molecule has 1 aromatic heterocycles. The Morgan fingerprint density at radius 1 is 1.00 bits per heavy atom. The third-order valence-corrected chi connectivity index (χ3v) is 3.22. The van der Waals surface area contributed by atoms with Crippen LogP contribution in [0.25, 0.3) is 10.9 Å². The highest BCUT2D eigenvalue weighted by molar-refractivity contribution is 5.85. The summed E-state index contributed by atoms with van der Waals surface area (Å²) < 4.78 is 39.8. The first-order valence-electron chi connectivity index (χ1n) is 5.35. The number of H-pyrrole nitrogens is 1. The Labute approximate surface area is 90.3 Å². The lowest BCUT2D eigenvalue weighted by Crippen LogP contribution is -2.01. The summed E-state index contributed by atoms with van der Waals surface area (Å²) in [7, 11) is 0. The molecule has 0 radical (unpaired) electrons. The molecule has 0 saturated carbocycles. The minimum atomic E-state index is -1.38. The molecule has 1 aliphatic carbocycles. The second-order valence-corrected chi connectivity index (χ2v) is 4.20. The van der Waals surface area contributed by atoms with Crippen LogP contribution in [0.1, 0.15) is 24.1 Å². The summed E-state index contributed by atoms with van der Waals surface area (Å²) >= 11 is 0. The number of benzene rings is 1. The van der Waals surface area contributed by atoms with Crippen LogP contribution in [0.15, 0.2) is 6.07 Å². The SMILES string of the molecule is Fc1cc2[nH]c3c(c2c(F)c1F)CCCC3. The molecule has 0 spiro atoms. The Hall–Kier alpha value is -1.45. The van der Waals surface area contributed by atoms with E-state index in [1.54, 1.807) is 0 Å². The molecule has 0 fully saturated rings. The number of hydrogen-bond donors (Lipinski definition) is 1. The first-order chi connectivity index (χ1) is 7.68. The van der Waals surface area contributed by atoms with E-state index < -0.39 is 17.5 Å². The van der Waals surface area contributed by atoms with Crippen molar-refractivity contribution in [1.82, 2.24) is 4.98 Å². The van der Waals surface area contributed by atoms with E-state index in [2.05, 4.69) is 4.98 Å². The lowest BCUT2D eigenvalue weighted by molar-refractivity contribution is 0.453. The number of fused-ring (bicyclic) bond motifs is 3. The standard InChI is InChI=1S/C12H10F3N/c13-7-5-9-10(12(15)11(7)14)6-3-1-2-4-8(6)16-9/h5,16H,1-4H2. The summed E-state index contributed by atoms with van der Waals surface area (Å²) in [4.78, 5) is 2.98. The normalized spacial score (nSPS) is 15.4. The average molecular weight is 225 g/mol. The molecule has 1 aromatic carbocycles. The van der Waals surface area contributed by atoms with Crippen LogP contribution in [-0.4, -0.2) is 4.98 Å². The van der Waals surface area contributed by atoms with E-state index >= 15 is 0 Å². The van der Waals surface area contributed by atoms with Crippen molar-refractivity contribution < 1.29 is 13.2 Å². The fraction of sp³-hybridized carbons (Fsp3) is 0.333. The second kappa shape index (κ2) is 3.27.